The molecule has 1 atom stereocenters. The first-order chi connectivity index (χ1) is 14.9. The first-order valence-electron chi connectivity index (χ1n) is 11.1. The van der Waals surface area contributed by atoms with Gasteiger partial charge in [-0.2, -0.15) is 0 Å². The second-order valence-corrected chi connectivity index (χ2v) is 8.30. The van der Waals surface area contributed by atoms with E-state index in [1.54, 1.807) is 11.8 Å². The Kier molecular flexibility index (Phi) is 8.20. The average molecular weight is 431 g/mol. The van der Waals surface area contributed by atoms with Crippen LogP contribution in [0.1, 0.15) is 62.2 Å². The number of hydrogen-bond donors (Lipinski definition) is 1. The van der Waals surface area contributed by atoms with Crippen molar-refractivity contribution in [2.24, 2.45) is 5.92 Å². The minimum Gasteiger partial charge on any atom is -0.452 e. The summed E-state index contributed by atoms with van der Waals surface area (Å²) < 4.78 is 18.4. The lowest BCUT2D eigenvalue weighted by Crippen LogP contribution is -2.42. The molecule has 2 aliphatic rings. The van der Waals surface area contributed by atoms with E-state index in [-0.39, 0.29) is 23.5 Å². The highest BCUT2D eigenvalue weighted by atomic mass is 19.1. The summed E-state index contributed by atoms with van der Waals surface area (Å²) in [6, 6.07) is 5.44. The summed E-state index contributed by atoms with van der Waals surface area (Å²) in [5, 5.41) is 2.85. The van der Waals surface area contributed by atoms with E-state index in [0.29, 0.717) is 38.0 Å². The van der Waals surface area contributed by atoms with Gasteiger partial charge in [-0.15, -0.1) is 0 Å². The molecule has 31 heavy (non-hydrogen) atoms. The average Bonchev–Trinajstić information content (AvgIpc) is 2.79. The lowest BCUT2D eigenvalue weighted by Gasteiger charge is -2.31. The highest BCUT2D eigenvalue weighted by Gasteiger charge is 2.30. The van der Waals surface area contributed by atoms with E-state index in [2.05, 4.69) is 11.4 Å². The fourth-order valence-corrected chi connectivity index (χ4v) is 4.04. The van der Waals surface area contributed by atoms with Crippen molar-refractivity contribution < 1.29 is 23.5 Å². The minimum absolute atomic E-state index is 0.173. The van der Waals surface area contributed by atoms with Crippen molar-refractivity contribution in [1.29, 1.82) is 0 Å². The van der Waals surface area contributed by atoms with Gasteiger partial charge in [0.15, 0.2) is 6.10 Å². The van der Waals surface area contributed by atoms with E-state index in [1.165, 1.54) is 42.7 Å². The Hall–Kier alpha value is -2.70. The number of hydrogen-bond acceptors (Lipinski definition) is 4. The van der Waals surface area contributed by atoms with Gasteiger partial charge in [-0.1, -0.05) is 11.6 Å². The van der Waals surface area contributed by atoms with Crippen LogP contribution in [0.25, 0.3) is 0 Å². The van der Waals surface area contributed by atoms with Crippen LogP contribution in [0.2, 0.25) is 0 Å². The SMILES string of the molecule is CC(OC(=O)C1CCN(C(=O)c2ccc(F)cc2)CC1)C(=O)NCCC1=CCCCC1. The molecule has 3 rings (SSSR count). The number of carbonyl (C=O) groups is 3. The predicted octanol–water partition coefficient (Wildman–Crippen LogP) is 3.62. The minimum atomic E-state index is -0.841. The molecule has 0 saturated carbocycles. The van der Waals surface area contributed by atoms with Crippen molar-refractivity contribution >= 4 is 17.8 Å². The smallest absolute Gasteiger partial charge is 0.309 e. The molecule has 0 bridgehead atoms. The van der Waals surface area contributed by atoms with Crippen molar-refractivity contribution in [3.8, 4) is 0 Å². The topological polar surface area (TPSA) is 75.7 Å². The van der Waals surface area contributed by atoms with Crippen LogP contribution in [0.5, 0.6) is 0 Å². The standard InChI is InChI=1S/C24H31FN2O4/c1-17(22(28)26-14-11-18-5-3-2-4-6-18)31-24(30)20-12-15-27(16-13-20)23(29)19-7-9-21(25)10-8-19/h5,7-10,17,20H,2-4,6,11-16H2,1H3,(H,26,28). The Morgan fingerprint density at radius 2 is 1.87 bits per heavy atom. The highest BCUT2D eigenvalue weighted by molar-refractivity contribution is 5.94. The van der Waals surface area contributed by atoms with E-state index in [0.717, 1.165) is 19.3 Å². The van der Waals surface area contributed by atoms with E-state index in [4.69, 9.17) is 4.74 Å². The summed E-state index contributed by atoms with van der Waals surface area (Å²) in [5.41, 5.74) is 1.81. The van der Waals surface area contributed by atoms with Crippen LogP contribution in [-0.4, -0.2) is 48.4 Å². The molecule has 0 radical (unpaired) electrons. The second kappa shape index (κ2) is 11.1. The maximum Gasteiger partial charge on any atom is 0.309 e. The molecule has 1 N–H and O–H groups in total. The number of halogens is 1. The molecule has 1 aromatic rings. The lowest BCUT2D eigenvalue weighted by atomic mass is 9.96. The quantitative estimate of drug-likeness (QED) is 0.530. The van der Waals surface area contributed by atoms with Crippen molar-refractivity contribution in [2.75, 3.05) is 19.6 Å². The van der Waals surface area contributed by atoms with Crippen LogP contribution < -0.4 is 5.32 Å². The number of nitrogens with one attached hydrogen (secondary N) is 1. The first kappa shape index (κ1) is 23.0. The van der Waals surface area contributed by atoms with E-state index in [9.17, 15) is 18.8 Å². The first-order valence-corrected chi connectivity index (χ1v) is 11.1. The van der Waals surface area contributed by atoms with Gasteiger partial charge in [0, 0.05) is 25.2 Å². The third-order valence-corrected chi connectivity index (χ3v) is 6.00. The molecule has 1 unspecified atom stereocenters. The largest absolute Gasteiger partial charge is 0.452 e. The van der Waals surface area contributed by atoms with E-state index in [1.807, 2.05) is 0 Å². The number of allylic oxidation sites excluding steroid dienone is 1. The van der Waals surface area contributed by atoms with E-state index >= 15 is 0 Å². The number of esters is 1. The molecular weight excluding hydrogens is 399 g/mol. The molecule has 7 heteroatoms. The predicted molar refractivity (Wildman–Crippen MR) is 115 cm³/mol. The zero-order valence-electron chi connectivity index (χ0n) is 18.1. The molecule has 1 aromatic carbocycles. The fraction of sp³-hybridized carbons (Fsp3) is 0.542. The van der Waals surface area contributed by atoms with Crippen LogP contribution >= 0.6 is 0 Å². The van der Waals surface area contributed by atoms with E-state index < -0.39 is 12.1 Å². The third kappa shape index (κ3) is 6.64. The molecule has 168 valence electrons. The molecule has 1 heterocycles. The van der Waals surface area contributed by atoms with Crippen molar-refractivity contribution in [2.45, 2.75) is 58.0 Å². The van der Waals surface area contributed by atoms with Gasteiger partial charge in [-0.05, 0) is 76.1 Å². The normalized spacial score (nSPS) is 18.1. The van der Waals surface area contributed by atoms with Crippen LogP contribution in [0.4, 0.5) is 4.39 Å². The third-order valence-electron chi connectivity index (χ3n) is 6.00. The van der Waals surface area contributed by atoms with Crippen LogP contribution in [0.15, 0.2) is 35.9 Å². The maximum absolute atomic E-state index is 13.0. The number of nitrogens with zero attached hydrogens (tertiary/aromatic N) is 1. The number of amides is 2. The summed E-state index contributed by atoms with van der Waals surface area (Å²) in [6.45, 7) is 2.98. The Balaban J connectivity index is 1.38. The molecule has 2 amide bonds. The van der Waals surface area contributed by atoms with Gasteiger partial charge in [0.2, 0.25) is 0 Å². The second-order valence-electron chi connectivity index (χ2n) is 8.30. The number of ether oxygens (including phenoxy) is 1. The van der Waals surface area contributed by atoms with Crippen molar-refractivity contribution in [1.82, 2.24) is 10.2 Å². The van der Waals surface area contributed by atoms with Crippen LogP contribution in [-0.2, 0) is 14.3 Å². The summed E-state index contributed by atoms with van der Waals surface area (Å²) in [6.07, 6.45) is 7.88. The van der Waals surface area contributed by atoms with Crippen molar-refractivity contribution in [3.63, 3.8) is 0 Å². The molecular formula is C24H31FN2O4. The lowest BCUT2D eigenvalue weighted by molar-refractivity contribution is -0.160. The van der Waals surface area contributed by atoms with Gasteiger partial charge in [0.25, 0.3) is 11.8 Å². The summed E-state index contributed by atoms with van der Waals surface area (Å²) in [7, 11) is 0. The zero-order valence-corrected chi connectivity index (χ0v) is 18.1. The molecule has 0 aromatic heterocycles. The van der Waals surface area contributed by atoms with Gasteiger partial charge in [-0.25, -0.2) is 4.39 Å². The summed E-state index contributed by atoms with van der Waals surface area (Å²) >= 11 is 0. The Bertz CT molecular complexity index is 813. The Morgan fingerprint density at radius 1 is 1.16 bits per heavy atom. The summed E-state index contributed by atoms with van der Waals surface area (Å²) in [5.74, 6) is -1.57. The summed E-state index contributed by atoms with van der Waals surface area (Å²) in [4.78, 5) is 38.9. The fourth-order valence-electron chi connectivity index (χ4n) is 4.04. The van der Waals surface area contributed by atoms with Crippen LogP contribution in [0, 0.1) is 11.7 Å². The number of likely N-dealkylation sites (tertiary alicyclic amines) is 1. The molecule has 1 fully saturated rings. The Labute approximate surface area is 182 Å². The molecule has 1 aliphatic carbocycles. The highest BCUT2D eigenvalue weighted by Crippen LogP contribution is 2.22. The number of piperidine rings is 1. The molecule has 1 saturated heterocycles. The molecule has 0 spiro atoms. The number of carbonyl (C=O) groups excluding carboxylic acids is 3. The van der Waals surface area contributed by atoms with Gasteiger partial charge < -0.3 is 15.0 Å². The van der Waals surface area contributed by atoms with Gasteiger partial charge in [-0.3, -0.25) is 14.4 Å². The monoisotopic (exact) mass is 430 g/mol. The van der Waals surface area contributed by atoms with Gasteiger partial charge in [0.05, 0.1) is 5.92 Å². The van der Waals surface area contributed by atoms with Gasteiger partial charge >= 0.3 is 5.97 Å². The zero-order chi connectivity index (χ0) is 22.2. The molecule has 6 nitrogen and oxygen atoms in total. The Morgan fingerprint density at radius 3 is 2.52 bits per heavy atom. The molecule has 1 aliphatic heterocycles. The number of rotatable bonds is 7. The maximum atomic E-state index is 13.0. The van der Waals surface area contributed by atoms with Gasteiger partial charge in [0.1, 0.15) is 5.82 Å². The number of benzene rings is 1. The van der Waals surface area contributed by atoms with Crippen LogP contribution in [0.3, 0.4) is 0 Å². The van der Waals surface area contributed by atoms with Crippen molar-refractivity contribution in [3.05, 3.63) is 47.3 Å².